The molecule has 1 atom stereocenters. The van der Waals surface area contributed by atoms with E-state index in [2.05, 4.69) is 40.9 Å². The van der Waals surface area contributed by atoms with Gasteiger partial charge in [0.1, 0.15) is 5.00 Å². The number of aromatic nitrogens is 1. The highest BCUT2D eigenvalue weighted by Gasteiger charge is 2.14. The minimum Gasteiger partial charge on any atom is -0.375 e. The monoisotopic (exact) mass is 288 g/mol. The summed E-state index contributed by atoms with van der Waals surface area (Å²) in [6.07, 6.45) is 1.03. The van der Waals surface area contributed by atoms with Gasteiger partial charge in [-0.1, -0.05) is 37.3 Å². The molecule has 1 aromatic heterocycles. The maximum atomic E-state index is 11.6. The van der Waals surface area contributed by atoms with Crippen LogP contribution in [0, 0.1) is 6.92 Å². The van der Waals surface area contributed by atoms with Gasteiger partial charge >= 0.3 is 0 Å². The van der Waals surface area contributed by atoms with Gasteiger partial charge in [-0.3, -0.25) is 4.79 Å². The van der Waals surface area contributed by atoms with Gasteiger partial charge in [0, 0.05) is 6.54 Å². The summed E-state index contributed by atoms with van der Waals surface area (Å²) in [5.74, 6) is 0.577. The van der Waals surface area contributed by atoms with Crippen molar-refractivity contribution in [3.05, 3.63) is 47.2 Å². The van der Waals surface area contributed by atoms with Crippen molar-refractivity contribution in [2.75, 3.05) is 11.9 Å². The number of benzene rings is 1. The largest absolute Gasteiger partial charge is 0.375 e. The van der Waals surface area contributed by atoms with Crippen molar-refractivity contribution >= 4 is 22.3 Å². The normalized spacial score (nSPS) is 12.2. The predicted octanol–water partition coefficient (Wildman–Crippen LogP) is 4.26. The number of hydrogen-bond acceptors (Lipinski definition) is 4. The number of rotatable bonds is 6. The van der Waals surface area contributed by atoms with Gasteiger partial charge in [-0.05, 0) is 43.3 Å². The Kier molecular flexibility index (Phi) is 4.90. The zero-order chi connectivity index (χ0) is 14.5. The lowest BCUT2D eigenvalue weighted by atomic mass is 9.98. The van der Waals surface area contributed by atoms with Crippen LogP contribution in [0.4, 0.5) is 5.00 Å². The Hall–Kier alpha value is -1.68. The molecular weight excluding hydrogens is 268 g/mol. The Labute approximate surface area is 124 Å². The van der Waals surface area contributed by atoms with E-state index in [9.17, 15) is 4.79 Å². The number of nitrogens with one attached hydrogen (secondary N) is 1. The van der Waals surface area contributed by atoms with Gasteiger partial charge in [-0.15, -0.1) is 0 Å². The summed E-state index contributed by atoms with van der Waals surface area (Å²) in [5.41, 5.74) is 2.91. The highest BCUT2D eigenvalue weighted by Crippen LogP contribution is 2.25. The van der Waals surface area contributed by atoms with Crippen LogP contribution in [0.25, 0.3) is 0 Å². The van der Waals surface area contributed by atoms with Crippen LogP contribution >= 0.6 is 11.5 Å². The van der Waals surface area contributed by atoms with Crippen molar-refractivity contribution in [1.82, 2.24) is 4.37 Å². The van der Waals surface area contributed by atoms with E-state index in [1.807, 2.05) is 13.0 Å². The van der Waals surface area contributed by atoms with Crippen LogP contribution in [0.3, 0.4) is 0 Å². The van der Waals surface area contributed by atoms with Gasteiger partial charge in [0.25, 0.3) is 0 Å². The third-order valence-electron chi connectivity index (χ3n) is 3.45. The fraction of sp³-hybridized carbons (Fsp3) is 0.375. The Balaban J connectivity index is 1.92. The summed E-state index contributed by atoms with van der Waals surface area (Å²) >= 11 is 1.37. The topological polar surface area (TPSA) is 42.0 Å². The van der Waals surface area contributed by atoms with Crippen LogP contribution in [0.2, 0.25) is 0 Å². The quantitative estimate of drug-likeness (QED) is 0.808. The van der Waals surface area contributed by atoms with E-state index in [1.165, 1.54) is 17.1 Å². The second-order valence-electron chi connectivity index (χ2n) is 5.06. The molecule has 1 heterocycles. The Bertz CT molecular complexity index is 577. The molecule has 0 spiro atoms. The average Bonchev–Trinajstić information content (AvgIpc) is 2.81. The molecule has 0 bridgehead atoms. The fourth-order valence-corrected chi connectivity index (χ4v) is 3.12. The first-order chi connectivity index (χ1) is 9.59. The number of carbonyl (C=O) groups is 1. The molecule has 4 heteroatoms. The lowest BCUT2D eigenvalue weighted by Gasteiger charge is -2.12. The number of carbonyl (C=O) groups excluding carboxylic acids is 1. The Morgan fingerprint density at radius 3 is 2.70 bits per heavy atom. The van der Waals surface area contributed by atoms with E-state index in [-0.39, 0.29) is 5.78 Å². The number of hydrogen-bond donors (Lipinski definition) is 1. The van der Waals surface area contributed by atoms with Crippen molar-refractivity contribution in [2.45, 2.75) is 33.1 Å². The molecule has 3 nitrogen and oxygen atoms in total. The lowest BCUT2D eigenvalue weighted by Crippen LogP contribution is -2.07. The van der Waals surface area contributed by atoms with Crippen LogP contribution in [0.15, 0.2) is 30.3 Å². The van der Waals surface area contributed by atoms with Crippen LogP contribution in [0.1, 0.15) is 47.8 Å². The molecule has 0 aliphatic heterocycles. The molecule has 0 amide bonds. The summed E-state index contributed by atoms with van der Waals surface area (Å²) in [7, 11) is 0. The molecule has 1 N–H and O–H groups in total. The molecule has 106 valence electrons. The number of Topliss-reactive ketones (excluding diaryl/α,β-unsaturated/α-hetero) is 1. The summed E-state index contributed by atoms with van der Waals surface area (Å²) in [6.45, 7) is 6.54. The van der Waals surface area contributed by atoms with Gasteiger partial charge in [0.15, 0.2) is 5.78 Å². The van der Waals surface area contributed by atoms with Crippen molar-refractivity contribution in [1.29, 1.82) is 0 Å². The fourth-order valence-electron chi connectivity index (χ4n) is 2.26. The van der Waals surface area contributed by atoms with E-state index >= 15 is 0 Å². The summed E-state index contributed by atoms with van der Waals surface area (Å²) < 4.78 is 4.25. The Morgan fingerprint density at radius 2 is 2.05 bits per heavy atom. The minimum atomic E-state index is 0.0786. The van der Waals surface area contributed by atoms with E-state index in [0.717, 1.165) is 29.2 Å². The number of ketones is 1. The van der Waals surface area contributed by atoms with Crippen molar-refractivity contribution < 1.29 is 4.79 Å². The lowest BCUT2D eigenvalue weighted by molar-refractivity contribution is 0.101. The maximum absolute atomic E-state index is 11.6. The first-order valence-electron chi connectivity index (χ1n) is 6.85. The SMILES string of the molecule is CC(=O)c1c(C)nsc1NCCC(C)c1ccccc1. The van der Waals surface area contributed by atoms with Gasteiger partial charge in [-0.2, -0.15) is 4.37 Å². The van der Waals surface area contributed by atoms with E-state index in [4.69, 9.17) is 0 Å². The molecule has 0 aliphatic rings. The zero-order valence-electron chi connectivity index (χ0n) is 12.1. The van der Waals surface area contributed by atoms with Crippen LogP contribution < -0.4 is 5.32 Å². The van der Waals surface area contributed by atoms with Crippen molar-refractivity contribution in [3.8, 4) is 0 Å². The highest BCUT2D eigenvalue weighted by atomic mass is 32.1. The first-order valence-corrected chi connectivity index (χ1v) is 7.63. The molecule has 0 saturated heterocycles. The molecule has 2 aromatic rings. The third-order valence-corrected chi connectivity index (χ3v) is 4.34. The molecule has 1 unspecified atom stereocenters. The van der Waals surface area contributed by atoms with Crippen molar-refractivity contribution in [3.63, 3.8) is 0 Å². The van der Waals surface area contributed by atoms with Gasteiger partial charge in [0.2, 0.25) is 0 Å². The van der Waals surface area contributed by atoms with E-state index < -0.39 is 0 Å². The van der Waals surface area contributed by atoms with E-state index in [1.54, 1.807) is 6.92 Å². The average molecular weight is 288 g/mol. The molecule has 20 heavy (non-hydrogen) atoms. The molecule has 0 fully saturated rings. The molecular formula is C16H20N2OS. The second kappa shape index (κ2) is 6.66. The molecule has 0 saturated carbocycles. The van der Waals surface area contributed by atoms with Crippen LogP contribution in [-0.2, 0) is 0 Å². The summed E-state index contributed by atoms with van der Waals surface area (Å²) in [5, 5.41) is 4.25. The number of nitrogens with zero attached hydrogens (tertiary/aromatic N) is 1. The third kappa shape index (κ3) is 3.45. The highest BCUT2D eigenvalue weighted by molar-refractivity contribution is 7.10. The number of aryl methyl sites for hydroxylation is 1. The van der Waals surface area contributed by atoms with Gasteiger partial charge in [0.05, 0.1) is 11.3 Å². The van der Waals surface area contributed by atoms with E-state index in [0.29, 0.717) is 5.92 Å². The summed E-state index contributed by atoms with van der Waals surface area (Å²) in [4.78, 5) is 11.6. The number of anilines is 1. The standard InChI is InChI=1S/C16H20N2OS/c1-11(14-7-5-4-6-8-14)9-10-17-16-15(13(3)19)12(2)18-20-16/h4-8,11,17H,9-10H2,1-3H3. The predicted molar refractivity (Wildman–Crippen MR) is 84.8 cm³/mol. The molecule has 0 radical (unpaired) electrons. The first kappa shape index (κ1) is 14.7. The van der Waals surface area contributed by atoms with Gasteiger partial charge < -0.3 is 5.32 Å². The van der Waals surface area contributed by atoms with Crippen LogP contribution in [-0.4, -0.2) is 16.7 Å². The molecule has 2 rings (SSSR count). The van der Waals surface area contributed by atoms with Gasteiger partial charge in [-0.25, -0.2) is 0 Å². The molecule has 1 aromatic carbocycles. The molecule has 0 aliphatic carbocycles. The summed E-state index contributed by atoms with van der Waals surface area (Å²) in [6, 6.07) is 10.5. The van der Waals surface area contributed by atoms with Crippen molar-refractivity contribution in [2.24, 2.45) is 0 Å². The second-order valence-corrected chi connectivity index (χ2v) is 5.83. The zero-order valence-corrected chi connectivity index (χ0v) is 13.0. The maximum Gasteiger partial charge on any atom is 0.164 e. The van der Waals surface area contributed by atoms with Crippen LogP contribution in [0.5, 0.6) is 0 Å². The Morgan fingerprint density at radius 1 is 1.35 bits per heavy atom. The smallest absolute Gasteiger partial charge is 0.164 e. The minimum absolute atomic E-state index is 0.0786.